The second-order valence-electron chi connectivity index (χ2n) is 7.87. The second-order valence-corrected chi connectivity index (χ2v) is 8.72. The van der Waals surface area contributed by atoms with Crippen molar-refractivity contribution in [1.82, 2.24) is 9.99 Å². The number of hydrogen-bond donors (Lipinski definition) is 1. The van der Waals surface area contributed by atoms with Gasteiger partial charge in [0.1, 0.15) is 18.1 Å². The van der Waals surface area contributed by atoms with E-state index in [-0.39, 0.29) is 23.6 Å². The van der Waals surface area contributed by atoms with Crippen molar-refractivity contribution in [3.05, 3.63) is 109 Å². The standard InChI is InChI=1S/C26H17BrN4O5/c27-21-13-16(31(34)35)9-11-18(21)24-12-10-17(36-24)14-28-29-25(32)15-30-22-7-3-1-5-19(22)26(33)20-6-2-4-8-23(20)30/h1-14H,15H2,(H,29,32). The average Bonchev–Trinajstić information content (AvgIpc) is 3.35. The molecule has 2 heterocycles. The molecule has 0 aliphatic carbocycles. The SMILES string of the molecule is O=C(Cn1c2ccccc2c(=O)c2ccccc21)NN=Cc1ccc(-c2ccc([N+](=O)[O-])cc2Br)o1. The molecular weight excluding hydrogens is 528 g/mol. The molecule has 5 aromatic rings. The summed E-state index contributed by atoms with van der Waals surface area (Å²) in [4.78, 5) is 36.0. The van der Waals surface area contributed by atoms with Crippen molar-refractivity contribution in [1.29, 1.82) is 0 Å². The van der Waals surface area contributed by atoms with Crippen LogP contribution in [0.25, 0.3) is 33.1 Å². The summed E-state index contributed by atoms with van der Waals surface area (Å²) in [7, 11) is 0. The smallest absolute Gasteiger partial charge is 0.270 e. The number of halogens is 1. The number of carbonyl (C=O) groups excluding carboxylic acids is 1. The summed E-state index contributed by atoms with van der Waals surface area (Å²) < 4.78 is 8.04. The van der Waals surface area contributed by atoms with E-state index in [1.165, 1.54) is 18.3 Å². The number of non-ortho nitro benzene ring substituents is 1. The molecule has 0 unspecified atom stereocenters. The van der Waals surface area contributed by atoms with E-state index in [4.69, 9.17) is 4.42 Å². The lowest BCUT2D eigenvalue weighted by molar-refractivity contribution is -0.384. The van der Waals surface area contributed by atoms with Gasteiger partial charge in [0.25, 0.3) is 11.6 Å². The van der Waals surface area contributed by atoms with Crippen LogP contribution in [0.4, 0.5) is 5.69 Å². The predicted octanol–water partition coefficient (Wildman–Crippen LogP) is 5.24. The number of para-hydroxylation sites is 2. The van der Waals surface area contributed by atoms with Crippen molar-refractivity contribution in [3.63, 3.8) is 0 Å². The molecule has 2 aromatic heterocycles. The third kappa shape index (κ3) is 4.41. The number of fused-ring (bicyclic) bond motifs is 2. The molecule has 10 heteroatoms. The zero-order chi connectivity index (χ0) is 25.2. The van der Waals surface area contributed by atoms with Gasteiger partial charge in [-0.15, -0.1) is 0 Å². The van der Waals surface area contributed by atoms with Gasteiger partial charge in [0.05, 0.1) is 22.2 Å². The number of benzene rings is 3. The number of rotatable bonds is 6. The van der Waals surface area contributed by atoms with Crippen LogP contribution in [-0.4, -0.2) is 21.6 Å². The number of nitro groups is 1. The molecule has 178 valence electrons. The number of carbonyl (C=O) groups is 1. The summed E-state index contributed by atoms with van der Waals surface area (Å²) in [6, 6.07) is 22.1. The Balaban J connectivity index is 1.34. The number of aromatic nitrogens is 1. The van der Waals surface area contributed by atoms with E-state index in [0.717, 1.165) is 0 Å². The molecule has 0 spiro atoms. The number of pyridine rings is 1. The van der Waals surface area contributed by atoms with Crippen molar-refractivity contribution in [2.45, 2.75) is 6.54 Å². The van der Waals surface area contributed by atoms with Gasteiger partial charge in [-0.3, -0.25) is 19.7 Å². The quantitative estimate of drug-likeness (QED) is 0.136. The number of nitro benzene ring substituents is 1. The van der Waals surface area contributed by atoms with Gasteiger partial charge in [-0.05, 0) is 58.4 Å². The molecule has 36 heavy (non-hydrogen) atoms. The van der Waals surface area contributed by atoms with E-state index in [9.17, 15) is 19.7 Å². The van der Waals surface area contributed by atoms with Crippen LogP contribution in [0.2, 0.25) is 0 Å². The lowest BCUT2D eigenvalue weighted by Gasteiger charge is -2.14. The molecule has 0 saturated heterocycles. The van der Waals surface area contributed by atoms with Crippen molar-refractivity contribution >= 4 is 55.5 Å². The Morgan fingerprint density at radius 1 is 1.03 bits per heavy atom. The molecule has 9 nitrogen and oxygen atoms in total. The highest BCUT2D eigenvalue weighted by Gasteiger charge is 2.14. The van der Waals surface area contributed by atoms with E-state index >= 15 is 0 Å². The Morgan fingerprint density at radius 2 is 1.69 bits per heavy atom. The maximum Gasteiger partial charge on any atom is 0.270 e. The first-order valence-corrected chi connectivity index (χ1v) is 11.6. The fraction of sp³-hybridized carbons (Fsp3) is 0.0385. The van der Waals surface area contributed by atoms with Crippen LogP contribution in [0, 0.1) is 10.1 Å². The Bertz CT molecular complexity index is 1680. The van der Waals surface area contributed by atoms with Crippen molar-refractivity contribution in [3.8, 4) is 11.3 Å². The van der Waals surface area contributed by atoms with Crippen molar-refractivity contribution < 1.29 is 14.1 Å². The van der Waals surface area contributed by atoms with Gasteiger partial charge in [-0.2, -0.15) is 5.10 Å². The average molecular weight is 545 g/mol. The van der Waals surface area contributed by atoms with Gasteiger partial charge < -0.3 is 8.98 Å². The third-order valence-corrected chi connectivity index (χ3v) is 6.27. The maximum absolute atomic E-state index is 12.8. The Kier molecular flexibility index (Phi) is 6.17. The maximum atomic E-state index is 12.8. The highest BCUT2D eigenvalue weighted by atomic mass is 79.9. The molecule has 0 saturated carbocycles. The molecule has 0 aliphatic rings. The van der Waals surface area contributed by atoms with E-state index in [0.29, 0.717) is 43.4 Å². The molecule has 5 rings (SSSR count). The van der Waals surface area contributed by atoms with Crippen LogP contribution in [0.1, 0.15) is 5.76 Å². The van der Waals surface area contributed by atoms with Crippen LogP contribution < -0.4 is 10.9 Å². The largest absolute Gasteiger partial charge is 0.455 e. The van der Waals surface area contributed by atoms with Crippen LogP contribution in [0.5, 0.6) is 0 Å². The summed E-state index contributed by atoms with van der Waals surface area (Å²) in [6.07, 6.45) is 1.36. The first-order chi connectivity index (χ1) is 17.4. The number of nitrogens with one attached hydrogen (secondary N) is 1. The van der Waals surface area contributed by atoms with Gasteiger partial charge >= 0.3 is 0 Å². The zero-order valence-electron chi connectivity index (χ0n) is 18.6. The monoisotopic (exact) mass is 544 g/mol. The summed E-state index contributed by atoms with van der Waals surface area (Å²) in [5, 5.41) is 16.0. The lowest BCUT2D eigenvalue weighted by Crippen LogP contribution is -2.25. The molecule has 1 amide bonds. The second kappa shape index (κ2) is 9.59. The van der Waals surface area contributed by atoms with Crippen molar-refractivity contribution in [2.75, 3.05) is 0 Å². The third-order valence-electron chi connectivity index (χ3n) is 5.62. The number of nitrogens with zero attached hydrogens (tertiary/aromatic N) is 3. The molecule has 0 atom stereocenters. The minimum atomic E-state index is -0.476. The fourth-order valence-electron chi connectivity index (χ4n) is 3.98. The van der Waals surface area contributed by atoms with Gasteiger partial charge in [-0.1, -0.05) is 24.3 Å². The molecule has 3 aromatic carbocycles. The molecule has 0 fully saturated rings. The van der Waals surface area contributed by atoms with Crippen LogP contribution in [0.15, 0.2) is 97.6 Å². The molecular formula is C26H17BrN4O5. The van der Waals surface area contributed by atoms with Crippen LogP contribution >= 0.6 is 15.9 Å². The van der Waals surface area contributed by atoms with E-state index in [2.05, 4.69) is 26.5 Å². The Labute approximate surface area is 211 Å². The Hall–Kier alpha value is -4.57. The topological polar surface area (TPSA) is 120 Å². The zero-order valence-corrected chi connectivity index (χ0v) is 20.1. The first kappa shape index (κ1) is 23.2. The summed E-state index contributed by atoms with van der Waals surface area (Å²) in [5.74, 6) is 0.487. The molecule has 0 aliphatic heterocycles. The summed E-state index contributed by atoms with van der Waals surface area (Å²) in [6.45, 7) is -0.0439. The van der Waals surface area contributed by atoms with Gasteiger partial charge in [0.2, 0.25) is 0 Å². The fourth-order valence-corrected chi connectivity index (χ4v) is 4.54. The first-order valence-electron chi connectivity index (χ1n) is 10.8. The minimum absolute atomic E-state index is 0.0370. The van der Waals surface area contributed by atoms with Crippen molar-refractivity contribution in [2.24, 2.45) is 5.10 Å². The highest BCUT2D eigenvalue weighted by molar-refractivity contribution is 9.10. The van der Waals surface area contributed by atoms with Gasteiger partial charge in [0, 0.05) is 32.9 Å². The highest BCUT2D eigenvalue weighted by Crippen LogP contribution is 2.32. The molecule has 0 radical (unpaired) electrons. The van der Waals surface area contributed by atoms with E-state index in [1.807, 2.05) is 12.1 Å². The minimum Gasteiger partial charge on any atom is -0.455 e. The summed E-state index contributed by atoms with van der Waals surface area (Å²) in [5.41, 5.74) is 4.33. The normalized spacial score (nSPS) is 11.4. The van der Waals surface area contributed by atoms with Crippen LogP contribution in [-0.2, 0) is 11.3 Å². The van der Waals surface area contributed by atoms with Crippen LogP contribution in [0.3, 0.4) is 0 Å². The number of hydrogen-bond acceptors (Lipinski definition) is 6. The lowest BCUT2D eigenvalue weighted by atomic mass is 10.1. The van der Waals surface area contributed by atoms with Gasteiger partial charge in [-0.25, -0.2) is 5.43 Å². The number of hydrazone groups is 1. The van der Waals surface area contributed by atoms with E-state index in [1.54, 1.807) is 59.2 Å². The molecule has 0 bridgehead atoms. The Morgan fingerprint density at radius 3 is 2.33 bits per heavy atom. The predicted molar refractivity (Wildman–Crippen MR) is 140 cm³/mol. The van der Waals surface area contributed by atoms with Gasteiger partial charge in [0.15, 0.2) is 5.43 Å². The summed E-state index contributed by atoms with van der Waals surface area (Å²) >= 11 is 3.33. The molecule has 1 N–H and O–H groups in total. The number of furan rings is 1. The van der Waals surface area contributed by atoms with E-state index < -0.39 is 4.92 Å². The number of amides is 1.